The number of aromatic nitrogens is 2. The molecule has 0 fully saturated rings. The van der Waals surface area contributed by atoms with Gasteiger partial charge in [-0.25, -0.2) is 0 Å². The smallest absolute Gasteiger partial charge is 0.276 e. The van der Waals surface area contributed by atoms with Gasteiger partial charge in [0.25, 0.3) is 5.91 Å². The molecule has 0 bridgehead atoms. The maximum absolute atomic E-state index is 13.0. The van der Waals surface area contributed by atoms with Crippen molar-refractivity contribution >= 4 is 28.2 Å². The number of aryl methyl sites for hydroxylation is 1. The minimum atomic E-state index is -0.212. The Morgan fingerprint density at radius 1 is 1.00 bits per heavy atom. The third-order valence-corrected chi connectivity index (χ3v) is 5.34. The largest absolute Gasteiger partial charge is 0.378 e. The van der Waals surface area contributed by atoms with E-state index in [9.17, 15) is 4.79 Å². The highest BCUT2D eigenvalue weighted by Gasteiger charge is 2.17. The molecule has 1 aromatic heterocycles. The van der Waals surface area contributed by atoms with Crippen LogP contribution in [0.2, 0.25) is 0 Å². The maximum atomic E-state index is 13.0. The highest BCUT2D eigenvalue weighted by atomic mass is 16.2. The molecular formula is C26H26N4O. The lowest BCUT2D eigenvalue weighted by Crippen LogP contribution is -2.14. The third-order valence-electron chi connectivity index (χ3n) is 5.34. The zero-order valence-corrected chi connectivity index (χ0v) is 18.1. The molecule has 0 saturated carbocycles. The van der Waals surface area contributed by atoms with Gasteiger partial charge in [-0.3, -0.25) is 9.48 Å². The number of nitrogens with one attached hydrogen (secondary N) is 1. The van der Waals surface area contributed by atoms with Crippen molar-refractivity contribution in [3.05, 3.63) is 102 Å². The molecule has 5 heteroatoms. The number of carbonyl (C=O) groups is 1. The van der Waals surface area contributed by atoms with Crippen LogP contribution in [-0.4, -0.2) is 34.7 Å². The Morgan fingerprint density at radius 3 is 2.35 bits per heavy atom. The van der Waals surface area contributed by atoms with Crippen molar-refractivity contribution in [2.45, 2.75) is 13.5 Å². The van der Waals surface area contributed by atoms with Crippen LogP contribution in [0.25, 0.3) is 16.6 Å². The van der Waals surface area contributed by atoms with Crippen molar-refractivity contribution in [1.29, 1.82) is 0 Å². The lowest BCUT2D eigenvalue weighted by Gasteiger charge is -2.16. The van der Waals surface area contributed by atoms with E-state index >= 15 is 0 Å². The molecule has 4 aromatic rings. The standard InChI is InChI=1S/C26H26N4O/c1-18-9-15-22(16-10-18)27-26(31)25-23-7-5-6-8-24(23)30(28-25)17-20-11-13-21(14-12-20)19(2)29(3)4/h5-16H,2,17H2,1,3-4H3,(H,27,31). The second-order valence-electron chi connectivity index (χ2n) is 7.88. The normalized spacial score (nSPS) is 10.8. The Morgan fingerprint density at radius 2 is 1.68 bits per heavy atom. The summed E-state index contributed by atoms with van der Waals surface area (Å²) in [6, 6.07) is 23.8. The fourth-order valence-electron chi connectivity index (χ4n) is 3.48. The first kappa shape index (κ1) is 20.4. The zero-order chi connectivity index (χ0) is 22.0. The number of hydrogen-bond acceptors (Lipinski definition) is 3. The van der Waals surface area contributed by atoms with Crippen LogP contribution in [0, 0.1) is 6.92 Å². The fourth-order valence-corrected chi connectivity index (χ4v) is 3.48. The first-order valence-electron chi connectivity index (χ1n) is 10.2. The third kappa shape index (κ3) is 4.36. The summed E-state index contributed by atoms with van der Waals surface area (Å²) in [5.74, 6) is -0.212. The summed E-state index contributed by atoms with van der Waals surface area (Å²) in [6.07, 6.45) is 0. The first-order chi connectivity index (χ1) is 14.9. The predicted molar refractivity (Wildman–Crippen MR) is 127 cm³/mol. The van der Waals surface area contributed by atoms with Crippen LogP contribution >= 0.6 is 0 Å². The molecule has 31 heavy (non-hydrogen) atoms. The van der Waals surface area contributed by atoms with E-state index < -0.39 is 0 Å². The minimum Gasteiger partial charge on any atom is -0.378 e. The number of para-hydroxylation sites is 1. The van der Waals surface area contributed by atoms with Crippen molar-refractivity contribution in [2.24, 2.45) is 0 Å². The molecule has 4 rings (SSSR count). The fraction of sp³-hybridized carbons (Fsp3) is 0.154. The van der Waals surface area contributed by atoms with Crippen LogP contribution in [0.5, 0.6) is 0 Å². The molecule has 0 spiro atoms. The molecule has 1 N–H and O–H groups in total. The SMILES string of the molecule is C=C(c1ccc(Cn2nc(C(=O)Nc3ccc(C)cc3)c3ccccc32)cc1)N(C)C. The number of rotatable bonds is 6. The van der Waals surface area contributed by atoms with Gasteiger partial charge in [0.2, 0.25) is 0 Å². The molecule has 1 heterocycles. The lowest BCUT2D eigenvalue weighted by atomic mass is 10.1. The molecule has 0 atom stereocenters. The maximum Gasteiger partial charge on any atom is 0.276 e. The van der Waals surface area contributed by atoms with Gasteiger partial charge in [0, 0.05) is 30.9 Å². The first-order valence-corrected chi connectivity index (χ1v) is 10.2. The van der Waals surface area contributed by atoms with Crippen LogP contribution in [0.15, 0.2) is 79.4 Å². The van der Waals surface area contributed by atoms with Crippen LogP contribution in [0.3, 0.4) is 0 Å². The second-order valence-corrected chi connectivity index (χ2v) is 7.88. The molecule has 3 aromatic carbocycles. The Hall–Kier alpha value is -3.86. The monoisotopic (exact) mass is 410 g/mol. The van der Waals surface area contributed by atoms with E-state index in [4.69, 9.17) is 0 Å². The predicted octanol–water partition coefficient (Wildman–Crippen LogP) is 5.18. The van der Waals surface area contributed by atoms with E-state index in [0.717, 1.165) is 39.0 Å². The molecule has 0 aliphatic heterocycles. The van der Waals surface area contributed by atoms with E-state index in [1.165, 1.54) is 0 Å². The Labute approximate surface area is 182 Å². The average Bonchev–Trinajstić information content (AvgIpc) is 3.14. The highest BCUT2D eigenvalue weighted by Crippen LogP contribution is 2.22. The quantitative estimate of drug-likeness (QED) is 0.477. The number of anilines is 1. The molecule has 0 aliphatic rings. The van der Waals surface area contributed by atoms with Gasteiger partial charge in [-0.15, -0.1) is 0 Å². The second kappa shape index (κ2) is 8.48. The van der Waals surface area contributed by atoms with E-state index in [-0.39, 0.29) is 5.91 Å². The van der Waals surface area contributed by atoms with Crippen molar-refractivity contribution in [3.63, 3.8) is 0 Å². The number of carbonyl (C=O) groups excluding carboxylic acids is 1. The molecule has 1 amide bonds. The molecule has 156 valence electrons. The van der Waals surface area contributed by atoms with Gasteiger partial charge in [0.05, 0.1) is 12.1 Å². The summed E-state index contributed by atoms with van der Waals surface area (Å²) in [7, 11) is 3.96. The molecule has 0 saturated heterocycles. The van der Waals surface area contributed by atoms with Gasteiger partial charge < -0.3 is 10.2 Å². The Balaban J connectivity index is 1.61. The molecular weight excluding hydrogens is 384 g/mol. The van der Waals surface area contributed by atoms with Gasteiger partial charge in [-0.05, 0) is 36.2 Å². The van der Waals surface area contributed by atoms with Crippen LogP contribution in [0.1, 0.15) is 27.2 Å². The van der Waals surface area contributed by atoms with E-state index in [2.05, 4.69) is 41.3 Å². The van der Waals surface area contributed by atoms with Crippen LogP contribution in [0.4, 0.5) is 5.69 Å². The van der Waals surface area contributed by atoms with E-state index in [1.807, 2.05) is 79.1 Å². The van der Waals surface area contributed by atoms with Crippen molar-refractivity contribution < 1.29 is 4.79 Å². The van der Waals surface area contributed by atoms with Gasteiger partial charge in [0.15, 0.2) is 5.69 Å². The van der Waals surface area contributed by atoms with Crippen molar-refractivity contribution in [2.75, 3.05) is 19.4 Å². The summed E-state index contributed by atoms with van der Waals surface area (Å²) in [6.45, 7) is 6.70. The summed E-state index contributed by atoms with van der Waals surface area (Å²) >= 11 is 0. The topological polar surface area (TPSA) is 50.2 Å². The van der Waals surface area contributed by atoms with Gasteiger partial charge in [-0.1, -0.05) is 66.7 Å². The van der Waals surface area contributed by atoms with Crippen molar-refractivity contribution in [1.82, 2.24) is 14.7 Å². The molecule has 0 unspecified atom stereocenters. The molecule has 0 aliphatic carbocycles. The summed E-state index contributed by atoms with van der Waals surface area (Å²) in [5, 5.41) is 8.46. The number of nitrogens with zero attached hydrogens (tertiary/aromatic N) is 3. The minimum absolute atomic E-state index is 0.212. The number of amides is 1. The number of hydrogen-bond donors (Lipinski definition) is 1. The van der Waals surface area contributed by atoms with E-state index in [0.29, 0.717) is 12.2 Å². The van der Waals surface area contributed by atoms with Crippen LogP contribution in [-0.2, 0) is 6.54 Å². The summed E-state index contributed by atoms with van der Waals surface area (Å²) < 4.78 is 1.88. The highest BCUT2D eigenvalue weighted by molar-refractivity contribution is 6.11. The van der Waals surface area contributed by atoms with E-state index in [1.54, 1.807) is 0 Å². The van der Waals surface area contributed by atoms with Crippen molar-refractivity contribution in [3.8, 4) is 0 Å². The summed E-state index contributed by atoms with van der Waals surface area (Å²) in [4.78, 5) is 15.0. The van der Waals surface area contributed by atoms with Crippen LogP contribution < -0.4 is 5.32 Å². The average molecular weight is 411 g/mol. The number of benzene rings is 3. The van der Waals surface area contributed by atoms with Gasteiger partial charge in [-0.2, -0.15) is 5.10 Å². The zero-order valence-electron chi connectivity index (χ0n) is 18.1. The van der Waals surface area contributed by atoms with Gasteiger partial charge >= 0.3 is 0 Å². The Kier molecular flexibility index (Phi) is 5.58. The lowest BCUT2D eigenvalue weighted by molar-refractivity contribution is 0.102. The molecule has 5 nitrogen and oxygen atoms in total. The van der Waals surface area contributed by atoms with Gasteiger partial charge in [0.1, 0.15) is 0 Å². The Bertz CT molecular complexity index is 1230. The summed E-state index contributed by atoms with van der Waals surface area (Å²) in [5.41, 5.74) is 6.41. The number of fused-ring (bicyclic) bond motifs is 1. The molecule has 0 radical (unpaired) electrons.